The van der Waals surface area contributed by atoms with Crippen molar-refractivity contribution in [3.63, 3.8) is 0 Å². The molecule has 0 N–H and O–H groups in total. The summed E-state index contributed by atoms with van der Waals surface area (Å²) in [7, 11) is -1.81. The highest BCUT2D eigenvalue weighted by Gasteiger charge is 2.39. The van der Waals surface area contributed by atoms with Crippen LogP contribution in [-0.2, 0) is 0 Å². The molecule has 112 valence electrons. The summed E-state index contributed by atoms with van der Waals surface area (Å²) in [5, 5.41) is 0.197. The molecule has 0 fully saturated rings. The van der Waals surface area contributed by atoms with Gasteiger partial charge in [-0.15, -0.1) is 0 Å². The molecule has 0 bridgehead atoms. The third-order valence-corrected chi connectivity index (χ3v) is 8.97. The molecule has 0 aliphatic rings. The van der Waals surface area contributed by atoms with Crippen LogP contribution in [0.25, 0.3) is 11.1 Å². The van der Waals surface area contributed by atoms with E-state index in [0.717, 1.165) is 10.2 Å². The predicted octanol–water partition coefficient (Wildman–Crippen LogP) is 6.50. The van der Waals surface area contributed by atoms with E-state index in [1.165, 1.54) is 11.1 Å². The Kier molecular flexibility index (Phi) is 4.64. The fraction of sp³-hybridized carbons (Fsp3) is 0.333. The zero-order chi connectivity index (χ0) is 15.7. The molecule has 2 aromatic carbocycles. The maximum absolute atomic E-state index is 6.42. The van der Waals surface area contributed by atoms with E-state index in [0.29, 0.717) is 0 Å². The van der Waals surface area contributed by atoms with Crippen molar-refractivity contribution in [3.05, 3.63) is 53.0 Å². The standard InChI is InChI=1S/C18H23BrOSi/c1-18(2,3)21(4,5)20-17-12-15(11-16(19)13-17)14-9-7-6-8-10-14/h6-13H,1-5H3. The van der Waals surface area contributed by atoms with E-state index in [1.807, 2.05) is 6.07 Å². The Balaban J connectivity index is 2.37. The van der Waals surface area contributed by atoms with Gasteiger partial charge in [-0.25, -0.2) is 0 Å². The van der Waals surface area contributed by atoms with Crippen LogP contribution in [0.1, 0.15) is 20.8 Å². The second kappa shape index (κ2) is 5.97. The van der Waals surface area contributed by atoms with Gasteiger partial charge in [0.15, 0.2) is 0 Å². The van der Waals surface area contributed by atoms with Crippen LogP contribution in [0.2, 0.25) is 18.1 Å². The molecular weight excluding hydrogens is 340 g/mol. The van der Waals surface area contributed by atoms with Crippen LogP contribution in [-0.4, -0.2) is 8.32 Å². The second-order valence-electron chi connectivity index (χ2n) is 6.90. The van der Waals surface area contributed by atoms with E-state index in [9.17, 15) is 0 Å². The van der Waals surface area contributed by atoms with Crippen LogP contribution in [0.5, 0.6) is 5.75 Å². The fourth-order valence-electron chi connectivity index (χ4n) is 1.87. The molecule has 0 amide bonds. The molecule has 0 atom stereocenters. The summed E-state index contributed by atoms with van der Waals surface area (Å²) in [6, 6.07) is 16.7. The summed E-state index contributed by atoms with van der Waals surface area (Å²) >= 11 is 3.60. The Morgan fingerprint density at radius 1 is 0.905 bits per heavy atom. The SMILES string of the molecule is CC(C)(C)[Si](C)(C)Oc1cc(Br)cc(-c2ccccc2)c1. The number of rotatable bonds is 3. The number of hydrogen-bond acceptors (Lipinski definition) is 1. The van der Waals surface area contributed by atoms with E-state index in [1.54, 1.807) is 0 Å². The Hall–Kier alpha value is -1.06. The van der Waals surface area contributed by atoms with Crippen molar-refractivity contribution in [1.29, 1.82) is 0 Å². The quantitative estimate of drug-likeness (QED) is 0.566. The molecule has 0 saturated carbocycles. The van der Waals surface area contributed by atoms with E-state index >= 15 is 0 Å². The van der Waals surface area contributed by atoms with Crippen LogP contribution < -0.4 is 4.43 Å². The van der Waals surface area contributed by atoms with Crippen LogP contribution in [0.4, 0.5) is 0 Å². The Morgan fingerprint density at radius 2 is 1.52 bits per heavy atom. The lowest BCUT2D eigenvalue weighted by atomic mass is 10.1. The summed E-state index contributed by atoms with van der Waals surface area (Å²) in [6.45, 7) is 11.3. The van der Waals surface area contributed by atoms with Crippen molar-refractivity contribution in [1.82, 2.24) is 0 Å². The van der Waals surface area contributed by atoms with Gasteiger partial charge in [0.05, 0.1) is 0 Å². The van der Waals surface area contributed by atoms with Gasteiger partial charge in [-0.3, -0.25) is 0 Å². The largest absolute Gasteiger partial charge is 0.543 e. The van der Waals surface area contributed by atoms with Gasteiger partial charge >= 0.3 is 0 Å². The summed E-state index contributed by atoms with van der Waals surface area (Å²) < 4.78 is 7.47. The van der Waals surface area contributed by atoms with Gasteiger partial charge < -0.3 is 4.43 Å². The van der Waals surface area contributed by atoms with Gasteiger partial charge in [0.1, 0.15) is 5.75 Å². The number of halogens is 1. The summed E-state index contributed by atoms with van der Waals surface area (Å²) in [6.07, 6.45) is 0. The van der Waals surface area contributed by atoms with Gasteiger partial charge in [0, 0.05) is 4.47 Å². The summed E-state index contributed by atoms with van der Waals surface area (Å²) in [4.78, 5) is 0. The highest BCUT2D eigenvalue weighted by molar-refractivity contribution is 9.10. The van der Waals surface area contributed by atoms with Gasteiger partial charge in [-0.2, -0.15) is 0 Å². The first-order valence-electron chi connectivity index (χ1n) is 7.24. The molecule has 0 aliphatic carbocycles. The topological polar surface area (TPSA) is 9.23 Å². The first-order valence-corrected chi connectivity index (χ1v) is 10.9. The van der Waals surface area contributed by atoms with Crippen LogP contribution in [0.3, 0.4) is 0 Å². The lowest BCUT2D eigenvalue weighted by molar-refractivity contribution is 0.492. The molecule has 0 saturated heterocycles. The monoisotopic (exact) mass is 362 g/mol. The lowest BCUT2D eigenvalue weighted by Crippen LogP contribution is -2.43. The molecule has 0 radical (unpaired) electrons. The molecule has 0 aliphatic heterocycles. The van der Waals surface area contributed by atoms with E-state index < -0.39 is 8.32 Å². The normalized spacial score (nSPS) is 12.3. The summed E-state index contributed by atoms with van der Waals surface area (Å²) in [5.41, 5.74) is 2.39. The molecule has 21 heavy (non-hydrogen) atoms. The zero-order valence-corrected chi connectivity index (χ0v) is 16.0. The average Bonchev–Trinajstić information content (AvgIpc) is 2.37. The molecule has 0 aromatic heterocycles. The average molecular weight is 363 g/mol. The smallest absolute Gasteiger partial charge is 0.250 e. The van der Waals surface area contributed by atoms with E-state index in [4.69, 9.17) is 4.43 Å². The molecule has 1 nitrogen and oxygen atoms in total. The first-order chi connectivity index (χ1) is 9.69. The molecule has 0 spiro atoms. The second-order valence-corrected chi connectivity index (χ2v) is 12.5. The van der Waals surface area contributed by atoms with E-state index in [-0.39, 0.29) is 5.04 Å². The molecule has 2 aromatic rings. The van der Waals surface area contributed by atoms with Crippen molar-refractivity contribution in [2.45, 2.75) is 38.9 Å². The minimum atomic E-state index is -1.81. The lowest BCUT2D eigenvalue weighted by Gasteiger charge is -2.36. The highest BCUT2D eigenvalue weighted by atomic mass is 79.9. The summed E-state index contributed by atoms with van der Waals surface area (Å²) in [5.74, 6) is 0.954. The van der Waals surface area contributed by atoms with Gasteiger partial charge in [-0.1, -0.05) is 67.0 Å². The fourth-order valence-corrected chi connectivity index (χ4v) is 3.35. The Bertz CT molecular complexity index is 615. The Labute approximate surface area is 137 Å². The highest BCUT2D eigenvalue weighted by Crippen LogP contribution is 2.38. The van der Waals surface area contributed by atoms with Crippen molar-refractivity contribution < 1.29 is 4.43 Å². The minimum Gasteiger partial charge on any atom is -0.543 e. The van der Waals surface area contributed by atoms with Crippen LogP contribution >= 0.6 is 15.9 Å². The minimum absolute atomic E-state index is 0.197. The van der Waals surface area contributed by atoms with Gasteiger partial charge in [0.2, 0.25) is 8.32 Å². The van der Waals surface area contributed by atoms with E-state index in [2.05, 4.69) is 92.3 Å². The van der Waals surface area contributed by atoms with Gasteiger partial charge in [0.25, 0.3) is 0 Å². The molecule has 3 heteroatoms. The number of hydrogen-bond donors (Lipinski definition) is 0. The van der Waals surface area contributed by atoms with Crippen molar-refractivity contribution >= 4 is 24.2 Å². The van der Waals surface area contributed by atoms with Crippen molar-refractivity contribution in [2.24, 2.45) is 0 Å². The molecule has 0 heterocycles. The third kappa shape index (κ3) is 3.98. The molecule has 2 rings (SSSR count). The first kappa shape index (κ1) is 16.3. The maximum atomic E-state index is 6.42. The Morgan fingerprint density at radius 3 is 2.10 bits per heavy atom. The van der Waals surface area contributed by atoms with Crippen molar-refractivity contribution in [2.75, 3.05) is 0 Å². The zero-order valence-electron chi connectivity index (χ0n) is 13.4. The van der Waals surface area contributed by atoms with Gasteiger partial charge in [-0.05, 0) is 47.5 Å². The third-order valence-electron chi connectivity index (χ3n) is 4.16. The van der Waals surface area contributed by atoms with Crippen LogP contribution in [0.15, 0.2) is 53.0 Å². The molecular formula is C18H23BrOSi. The maximum Gasteiger partial charge on any atom is 0.250 e. The number of benzene rings is 2. The van der Waals surface area contributed by atoms with Crippen molar-refractivity contribution in [3.8, 4) is 16.9 Å². The molecule has 0 unspecified atom stereocenters. The predicted molar refractivity (Wildman–Crippen MR) is 97.4 cm³/mol. The van der Waals surface area contributed by atoms with Crippen LogP contribution in [0, 0.1) is 0 Å².